The normalized spacial score (nSPS) is 20.7. The zero-order valence-electron chi connectivity index (χ0n) is 13.7. The lowest BCUT2D eigenvalue weighted by molar-refractivity contribution is -0.119. The number of carbonyl (C=O) groups excluding carboxylic acids is 1. The van der Waals surface area contributed by atoms with Gasteiger partial charge < -0.3 is 25.4 Å². The minimum atomic E-state index is -0.607. The molecule has 1 amide bonds. The third-order valence-corrected chi connectivity index (χ3v) is 4.60. The molecule has 2 heterocycles. The third-order valence-electron chi connectivity index (χ3n) is 4.60. The number of halogens is 1. The summed E-state index contributed by atoms with van der Waals surface area (Å²) in [6.45, 7) is 3.91. The number of morpholine rings is 1. The smallest absolute Gasteiger partial charge is 0.241 e. The van der Waals surface area contributed by atoms with E-state index >= 15 is 0 Å². The van der Waals surface area contributed by atoms with E-state index in [0.717, 1.165) is 18.5 Å². The van der Waals surface area contributed by atoms with E-state index in [9.17, 15) is 9.18 Å². The molecule has 132 valence electrons. The third kappa shape index (κ3) is 4.23. The number of benzene rings is 1. The van der Waals surface area contributed by atoms with Gasteiger partial charge in [-0.15, -0.1) is 0 Å². The number of nitrogens with two attached hydrogens (primary N) is 1. The quantitative estimate of drug-likeness (QED) is 0.867. The molecule has 0 saturated carbocycles. The molecule has 2 fully saturated rings. The largest absolute Gasteiger partial charge is 0.381 e. The van der Waals surface area contributed by atoms with Crippen molar-refractivity contribution in [2.45, 2.75) is 18.9 Å². The van der Waals surface area contributed by atoms with Gasteiger partial charge in [-0.3, -0.25) is 4.79 Å². The number of nitrogens with zero attached hydrogens (tertiary/aromatic N) is 1. The van der Waals surface area contributed by atoms with E-state index in [0.29, 0.717) is 45.2 Å². The summed E-state index contributed by atoms with van der Waals surface area (Å²) in [5.74, 6) is -0.555. The van der Waals surface area contributed by atoms with Crippen LogP contribution in [0.2, 0.25) is 0 Å². The van der Waals surface area contributed by atoms with Crippen molar-refractivity contribution >= 4 is 17.3 Å². The predicted octanol–water partition coefficient (Wildman–Crippen LogP) is 1.35. The molecule has 2 aliphatic rings. The summed E-state index contributed by atoms with van der Waals surface area (Å²) in [5.41, 5.74) is 7.25. The van der Waals surface area contributed by atoms with Gasteiger partial charge >= 0.3 is 0 Å². The van der Waals surface area contributed by atoms with Crippen LogP contribution in [0.15, 0.2) is 18.2 Å². The second-order valence-corrected chi connectivity index (χ2v) is 6.26. The fraction of sp³-hybridized carbons (Fsp3) is 0.588. The Kier molecular flexibility index (Phi) is 5.65. The number of amides is 1. The summed E-state index contributed by atoms with van der Waals surface area (Å²) in [4.78, 5) is 14.4. The molecule has 2 aliphatic heterocycles. The average Bonchev–Trinajstić information content (AvgIpc) is 2.62. The molecule has 0 spiro atoms. The van der Waals surface area contributed by atoms with Gasteiger partial charge in [-0.1, -0.05) is 0 Å². The number of rotatable bonds is 4. The second-order valence-electron chi connectivity index (χ2n) is 6.26. The topological polar surface area (TPSA) is 76.8 Å². The second kappa shape index (κ2) is 7.92. The Bertz CT molecular complexity index is 572. The Morgan fingerprint density at radius 3 is 2.54 bits per heavy atom. The molecule has 1 aromatic carbocycles. The van der Waals surface area contributed by atoms with Gasteiger partial charge in [0, 0.05) is 37.7 Å². The van der Waals surface area contributed by atoms with Crippen LogP contribution in [0.3, 0.4) is 0 Å². The van der Waals surface area contributed by atoms with Crippen LogP contribution >= 0.6 is 0 Å². The molecule has 0 aromatic heterocycles. The van der Waals surface area contributed by atoms with Gasteiger partial charge in [-0.25, -0.2) is 4.39 Å². The number of nitrogens with one attached hydrogen (secondary N) is 1. The van der Waals surface area contributed by atoms with Crippen molar-refractivity contribution < 1.29 is 18.7 Å². The zero-order valence-corrected chi connectivity index (χ0v) is 13.7. The molecular formula is C17H24FN3O3. The van der Waals surface area contributed by atoms with Crippen LogP contribution in [0.4, 0.5) is 15.8 Å². The first-order valence-electron chi connectivity index (χ1n) is 8.41. The lowest BCUT2D eigenvalue weighted by Crippen LogP contribution is -2.44. The number of anilines is 2. The molecule has 1 aromatic rings. The number of hydrogen-bond acceptors (Lipinski definition) is 5. The molecule has 3 rings (SSSR count). The maximum atomic E-state index is 13.9. The minimum Gasteiger partial charge on any atom is -0.381 e. The maximum Gasteiger partial charge on any atom is 0.241 e. The molecule has 6 nitrogen and oxygen atoms in total. The summed E-state index contributed by atoms with van der Waals surface area (Å²) < 4.78 is 24.5. The average molecular weight is 337 g/mol. The minimum absolute atomic E-state index is 0.103. The molecule has 0 bridgehead atoms. The van der Waals surface area contributed by atoms with Gasteiger partial charge in [-0.05, 0) is 37.0 Å². The van der Waals surface area contributed by atoms with E-state index in [2.05, 4.69) is 5.32 Å². The molecule has 7 heteroatoms. The van der Waals surface area contributed by atoms with E-state index in [1.165, 1.54) is 12.1 Å². The van der Waals surface area contributed by atoms with Crippen LogP contribution in [0, 0.1) is 11.7 Å². The number of hydrogen-bond donors (Lipinski definition) is 2. The Hall–Kier alpha value is -1.70. The SMILES string of the molecule is NC(C(=O)Nc1cc(F)cc(N2CCOCC2)c1)C1CCOCC1. The van der Waals surface area contributed by atoms with Crippen LogP contribution in [0.5, 0.6) is 0 Å². The van der Waals surface area contributed by atoms with E-state index in [-0.39, 0.29) is 17.6 Å². The standard InChI is InChI=1S/C17H24FN3O3/c18-13-9-14(11-15(10-13)21-3-7-24-8-4-21)20-17(22)16(19)12-1-5-23-6-2-12/h9-12,16H,1-8,19H2,(H,20,22). The zero-order chi connectivity index (χ0) is 16.9. The first-order valence-corrected chi connectivity index (χ1v) is 8.41. The Morgan fingerprint density at radius 2 is 1.83 bits per heavy atom. The predicted molar refractivity (Wildman–Crippen MR) is 89.6 cm³/mol. The summed E-state index contributed by atoms with van der Waals surface area (Å²) in [6, 6.07) is 3.96. The number of ether oxygens (including phenoxy) is 2. The van der Waals surface area contributed by atoms with Crippen molar-refractivity contribution in [3.63, 3.8) is 0 Å². The first kappa shape index (κ1) is 17.1. The van der Waals surface area contributed by atoms with Crippen molar-refractivity contribution in [2.24, 2.45) is 11.7 Å². The highest BCUT2D eigenvalue weighted by atomic mass is 19.1. The highest BCUT2D eigenvalue weighted by Crippen LogP contribution is 2.24. The van der Waals surface area contributed by atoms with Gasteiger partial charge in [0.2, 0.25) is 5.91 Å². The Morgan fingerprint density at radius 1 is 1.17 bits per heavy atom. The molecular weight excluding hydrogens is 313 g/mol. The van der Waals surface area contributed by atoms with Crippen molar-refractivity contribution in [3.8, 4) is 0 Å². The molecule has 1 unspecified atom stereocenters. The van der Waals surface area contributed by atoms with Crippen LogP contribution in [0.1, 0.15) is 12.8 Å². The fourth-order valence-electron chi connectivity index (χ4n) is 3.17. The van der Waals surface area contributed by atoms with Crippen LogP contribution in [0.25, 0.3) is 0 Å². The summed E-state index contributed by atoms with van der Waals surface area (Å²) in [6.07, 6.45) is 1.55. The van der Waals surface area contributed by atoms with Crippen molar-refractivity contribution in [2.75, 3.05) is 49.7 Å². The van der Waals surface area contributed by atoms with E-state index in [1.54, 1.807) is 6.07 Å². The van der Waals surface area contributed by atoms with E-state index in [1.807, 2.05) is 4.90 Å². The van der Waals surface area contributed by atoms with Crippen molar-refractivity contribution in [1.29, 1.82) is 0 Å². The van der Waals surface area contributed by atoms with Gasteiger partial charge in [0.15, 0.2) is 0 Å². The molecule has 24 heavy (non-hydrogen) atoms. The molecule has 3 N–H and O–H groups in total. The van der Waals surface area contributed by atoms with Crippen molar-refractivity contribution in [3.05, 3.63) is 24.0 Å². The highest BCUT2D eigenvalue weighted by molar-refractivity contribution is 5.95. The fourth-order valence-corrected chi connectivity index (χ4v) is 3.17. The lowest BCUT2D eigenvalue weighted by atomic mass is 9.92. The van der Waals surface area contributed by atoms with E-state index in [4.69, 9.17) is 15.2 Å². The van der Waals surface area contributed by atoms with Crippen molar-refractivity contribution in [1.82, 2.24) is 0 Å². The highest BCUT2D eigenvalue weighted by Gasteiger charge is 2.26. The Balaban J connectivity index is 1.67. The van der Waals surface area contributed by atoms with Crippen LogP contribution in [-0.2, 0) is 14.3 Å². The van der Waals surface area contributed by atoms with Crippen LogP contribution < -0.4 is 16.0 Å². The Labute approximate surface area is 141 Å². The van der Waals surface area contributed by atoms with Gasteiger partial charge in [0.05, 0.1) is 19.3 Å². The monoisotopic (exact) mass is 337 g/mol. The summed E-state index contributed by atoms with van der Waals surface area (Å²) >= 11 is 0. The molecule has 2 saturated heterocycles. The lowest BCUT2D eigenvalue weighted by Gasteiger charge is -2.29. The summed E-state index contributed by atoms with van der Waals surface area (Å²) in [5, 5.41) is 2.76. The van der Waals surface area contributed by atoms with Crippen LogP contribution in [-0.4, -0.2) is 51.5 Å². The molecule has 0 aliphatic carbocycles. The summed E-state index contributed by atoms with van der Waals surface area (Å²) in [7, 11) is 0. The molecule has 1 atom stereocenters. The van der Waals surface area contributed by atoms with Gasteiger partial charge in [-0.2, -0.15) is 0 Å². The number of carbonyl (C=O) groups is 1. The molecule has 0 radical (unpaired) electrons. The maximum absolute atomic E-state index is 13.9. The van der Waals surface area contributed by atoms with E-state index < -0.39 is 6.04 Å². The first-order chi connectivity index (χ1) is 11.6. The van der Waals surface area contributed by atoms with Gasteiger partial charge in [0.1, 0.15) is 5.82 Å². The van der Waals surface area contributed by atoms with Gasteiger partial charge in [0.25, 0.3) is 0 Å².